The summed E-state index contributed by atoms with van der Waals surface area (Å²) in [6.45, 7) is 3.38. The van der Waals surface area contributed by atoms with Gasteiger partial charge in [0.15, 0.2) is 0 Å². The lowest BCUT2D eigenvalue weighted by molar-refractivity contribution is -0.137. The summed E-state index contributed by atoms with van der Waals surface area (Å²) in [5, 5.41) is 9.03. The molecule has 5 heteroatoms. The van der Waals surface area contributed by atoms with E-state index in [1.807, 2.05) is 24.0 Å². The molecule has 2 nitrogen and oxygen atoms in total. The van der Waals surface area contributed by atoms with Crippen LogP contribution in [0.5, 0.6) is 0 Å². The van der Waals surface area contributed by atoms with E-state index in [-0.39, 0.29) is 5.56 Å². The van der Waals surface area contributed by atoms with Gasteiger partial charge in [-0.3, -0.25) is 0 Å². The Labute approximate surface area is 109 Å². The molecule has 0 N–H and O–H groups in total. The Morgan fingerprint density at radius 1 is 1.32 bits per heavy atom. The van der Waals surface area contributed by atoms with E-state index in [1.54, 1.807) is 0 Å². The average molecular weight is 266 g/mol. The molecule has 1 aromatic carbocycles. The summed E-state index contributed by atoms with van der Waals surface area (Å²) < 4.78 is 37.8. The van der Waals surface area contributed by atoms with Gasteiger partial charge in [-0.2, -0.15) is 18.4 Å². The molecule has 0 fully saturated rings. The molecule has 0 saturated carbocycles. The maximum absolute atomic E-state index is 12.6. The molecule has 0 aromatic heterocycles. The fourth-order valence-electron chi connectivity index (χ4n) is 2.07. The Hall–Kier alpha value is -1.96. The second kappa shape index (κ2) is 4.96. The quantitative estimate of drug-likeness (QED) is 0.724. The number of alkyl halides is 3. The molecular weight excluding hydrogens is 253 g/mol. The minimum absolute atomic E-state index is 0.0720. The summed E-state index contributed by atoms with van der Waals surface area (Å²) in [5.74, 6) is 0. The van der Waals surface area contributed by atoms with Gasteiger partial charge < -0.3 is 4.90 Å². The smallest absolute Gasteiger partial charge is 0.366 e. The average Bonchev–Trinajstić information content (AvgIpc) is 2.38. The Balaban J connectivity index is 2.35. The van der Waals surface area contributed by atoms with E-state index >= 15 is 0 Å². The summed E-state index contributed by atoms with van der Waals surface area (Å²) in [7, 11) is 0. The van der Waals surface area contributed by atoms with Gasteiger partial charge in [-0.1, -0.05) is 11.6 Å². The maximum atomic E-state index is 12.6. The number of benzene rings is 1. The van der Waals surface area contributed by atoms with E-state index in [2.05, 4.69) is 0 Å². The fraction of sp³-hybridized carbons (Fsp3) is 0.357. The van der Waals surface area contributed by atoms with E-state index in [1.165, 1.54) is 11.6 Å². The minimum Gasteiger partial charge on any atom is -0.366 e. The van der Waals surface area contributed by atoms with Crippen molar-refractivity contribution in [1.29, 1.82) is 5.26 Å². The lowest BCUT2D eigenvalue weighted by Crippen LogP contribution is -2.28. The molecule has 1 aliphatic heterocycles. The first-order valence-corrected chi connectivity index (χ1v) is 5.94. The van der Waals surface area contributed by atoms with Crippen molar-refractivity contribution in [3.05, 3.63) is 41.0 Å². The largest absolute Gasteiger partial charge is 0.416 e. The molecule has 0 atom stereocenters. The number of hydrogen-bond acceptors (Lipinski definition) is 2. The molecule has 0 saturated heterocycles. The first-order chi connectivity index (χ1) is 8.91. The first kappa shape index (κ1) is 13.5. The van der Waals surface area contributed by atoms with Crippen molar-refractivity contribution in [3.8, 4) is 6.07 Å². The van der Waals surface area contributed by atoms with Gasteiger partial charge in [-0.05, 0) is 31.5 Å². The lowest BCUT2D eigenvalue weighted by Gasteiger charge is -2.28. The van der Waals surface area contributed by atoms with Gasteiger partial charge in [0.1, 0.15) is 6.07 Å². The molecule has 2 rings (SSSR count). The van der Waals surface area contributed by atoms with Crippen LogP contribution in [0.1, 0.15) is 24.5 Å². The molecule has 1 aliphatic rings. The van der Waals surface area contributed by atoms with Crippen LogP contribution in [0.25, 0.3) is 0 Å². The van der Waals surface area contributed by atoms with Crippen molar-refractivity contribution in [2.75, 3.05) is 18.0 Å². The van der Waals surface area contributed by atoms with Crippen LogP contribution in [0.2, 0.25) is 0 Å². The van der Waals surface area contributed by atoms with Crippen molar-refractivity contribution in [3.63, 3.8) is 0 Å². The van der Waals surface area contributed by atoms with Gasteiger partial charge in [0, 0.05) is 13.1 Å². The zero-order valence-electron chi connectivity index (χ0n) is 10.5. The Morgan fingerprint density at radius 2 is 2.05 bits per heavy atom. The maximum Gasteiger partial charge on any atom is 0.416 e. The first-order valence-electron chi connectivity index (χ1n) is 5.94. The molecule has 0 aliphatic carbocycles. The van der Waals surface area contributed by atoms with Crippen LogP contribution >= 0.6 is 0 Å². The number of nitrogens with zero attached hydrogens (tertiary/aromatic N) is 2. The van der Waals surface area contributed by atoms with Gasteiger partial charge >= 0.3 is 6.18 Å². The van der Waals surface area contributed by atoms with Gasteiger partial charge in [0.2, 0.25) is 0 Å². The number of anilines is 1. The van der Waals surface area contributed by atoms with Crippen LogP contribution in [-0.2, 0) is 6.18 Å². The SMILES string of the molecule is CC1=CCN(c2ccc(C(F)(F)F)cc2C#N)CC1. The monoisotopic (exact) mass is 266 g/mol. The number of halogens is 3. The molecular formula is C14H13F3N2. The number of rotatable bonds is 1. The van der Waals surface area contributed by atoms with Crippen LogP contribution in [0.4, 0.5) is 18.9 Å². The topological polar surface area (TPSA) is 27.0 Å². The van der Waals surface area contributed by atoms with E-state index < -0.39 is 11.7 Å². The predicted molar refractivity (Wildman–Crippen MR) is 66.7 cm³/mol. The highest BCUT2D eigenvalue weighted by Crippen LogP contribution is 2.33. The second-order valence-corrected chi connectivity index (χ2v) is 4.59. The Kier molecular flexibility index (Phi) is 3.52. The zero-order valence-corrected chi connectivity index (χ0v) is 10.5. The zero-order chi connectivity index (χ0) is 14.0. The lowest BCUT2D eigenvalue weighted by atomic mass is 10.0. The van der Waals surface area contributed by atoms with Gasteiger partial charge in [0.25, 0.3) is 0 Å². The van der Waals surface area contributed by atoms with Crippen molar-refractivity contribution in [2.24, 2.45) is 0 Å². The highest BCUT2D eigenvalue weighted by molar-refractivity contribution is 5.61. The van der Waals surface area contributed by atoms with Gasteiger partial charge in [-0.15, -0.1) is 0 Å². The summed E-state index contributed by atoms with van der Waals surface area (Å²) in [6, 6.07) is 5.19. The number of nitriles is 1. The predicted octanol–water partition coefficient (Wildman–Crippen LogP) is 3.73. The standard InChI is InChI=1S/C14H13F3N2/c1-10-4-6-19(7-5-10)13-3-2-12(14(15,16)17)8-11(13)9-18/h2-4,8H,5-7H2,1H3. The highest BCUT2D eigenvalue weighted by atomic mass is 19.4. The molecule has 100 valence electrons. The van der Waals surface area contributed by atoms with Crippen LogP contribution in [0.3, 0.4) is 0 Å². The van der Waals surface area contributed by atoms with Crippen molar-refractivity contribution < 1.29 is 13.2 Å². The third-order valence-electron chi connectivity index (χ3n) is 3.22. The van der Waals surface area contributed by atoms with E-state index in [0.29, 0.717) is 12.2 Å². The van der Waals surface area contributed by atoms with Crippen LogP contribution in [0.15, 0.2) is 29.8 Å². The highest BCUT2D eigenvalue weighted by Gasteiger charge is 2.31. The second-order valence-electron chi connectivity index (χ2n) is 4.59. The fourth-order valence-corrected chi connectivity index (χ4v) is 2.07. The molecule has 0 amide bonds. The minimum atomic E-state index is -4.41. The third-order valence-corrected chi connectivity index (χ3v) is 3.22. The van der Waals surface area contributed by atoms with E-state index in [0.717, 1.165) is 25.1 Å². The van der Waals surface area contributed by atoms with Gasteiger partial charge in [-0.25, -0.2) is 0 Å². The third kappa shape index (κ3) is 2.90. The van der Waals surface area contributed by atoms with Crippen molar-refractivity contribution in [2.45, 2.75) is 19.5 Å². The molecule has 19 heavy (non-hydrogen) atoms. The Morgan fingerprint density at radius 3 is 2.58 bits per heavy atom. The summed E-state index contributed by atoms with van der Waals surface area (Å²) in [6.07, 6.45) is -1.52. The van der Waals surface area contributed by atoms with Crippen LogP contribution in [0, 0.1) is 11.3 Å². The van der Waals surface area contributed by atoms with Crippen LogP contribution < -0.4 is 4.90 Å². The molecule has 0 bridgehead atoms. The van der Waals surface area contributed by atoms with Gasteiger partial charge in [0.05, 0.1) is 16.8 Å². The molecule has 1 heterocycles. The van der Waals surface area contributed by atoms with E-state index in [9.17, 15) is 13.2 Å². The molecule has 0 spiro atoms. The summed E-state index contributed by atoms with van der Waals surface area (Å²) >= 11 is 0. The van der Waals surface area contributed by atoms with Crippen molar-refractivity contribution in [1.82, 2.24) is 0 Å². The van der Waals surface area contributed by atoms with Crippen molar-refractivity contribution >= 4 is 5.69 Å². The normalized spacial score (nSPS) is 15.9. The van der Waals surface area contributed by atoms with Crippen LogP contribution in [-0.4, -0.2) is 13.1 Å². The summed E-state index contributed by atoms with van der Waals surface area (Å²) in [4.78, 5) is 1.92. The summed E-state index contributed by atoms with van der Waals surface area (Å²) in [5.41, 5.74) is 1.13. The molecule has 1 aromatic rings. The molecule has 0 unspecified atom stereocenters. The Bertz CT molecular complexity index is 553. The molecule has 0 radical (unpaired) electrons. The van der Waals surface area contributed by atoms with E-state index in [4.69, 9.17) is 5.26 Å². The number of hydrogen-bond donors (Lipinski definition) is 0.